The first-order chi connectivity index (χ1) is 6.24. The fourth-order valence-corrected chi connectivity index (χ4v) is 1.15. The van der Waals surface area contributed by atoms with Gasteiger partial charge in [0, 0.05) is 18.3 Å². The number of allylic oxidation sites excluding steroid dienone is 3. The van der Waals surface area contributed by atoms with Crippen molar-refractivity contribution in [3.05, 3.63) is 36.6 Å². The number of anilines is 1. The van der Waals surface area contributed by atoms with E-state index in [0.29, 0.717) is 5.82 Å². The number of aryl methyl sites for hydroxylation is 2. The molecule has 1 rings (SSSR count). The van der Waals surface area contributed by atoms with Crippen LogP contribution in [0.5, 0.6) is 0 Å². The molecular formula is C10H15N3. The number of rotatable bonds is 4. The highest BCUT2D eigenvalue weighted by Gasteiger charge is 1.98. The molecule has 0 saturated heterocycles. The molecule has 3 nitrogen and oxygen atoms in total. The molecule has 3 heteroatoms. The van der Waals surface area contributed by atoms with Crippen LogP contribution in [0.2, 0.25) is 0 Å². The highest BCUT2D eigenvalue weighted by Crippen LogP contribution is 2.04. The molecule has 1 aromatic rings. The minimum Gasteiger partial charge on any atom is -0.382 e. The van der Waals surface area contributed by atoms with Gasteiger partial charge < -0.3 is 5.73 Å². The number of nitrogens with two attached hydrogens (primary N) is 1. The van der Waals surface area contributed by atoms with Crippen LogP contribution in [-0.4, -0.2) is 9.78 Å². The van der Waals surface area contributed by atoms with Crippen molar-refractivity contribution in [2.75, 3.05) is 5.73 Å². The van der Waals surface area contributed by atoms with E-state index in [1.165, 1.54) is 0 Å². The average molecular weight is 177 g/mol. The van der Waals surface area contributed by atoms with Crippen molar-refractivity contribution in [2.24, 2.45) is 0 Å². The summed E-state index contributed by atoms with van der Waals surface area (Å²) in [5.41, 5.74) is 6.65. The smallest absolute Gasteiger partial charge is 0.145 e. The van der Waals surface area contributed by atoms with E-state index in [9.17, 15) is 0 Å². The van der Waals surface area contributed by atoms with Crippen LogP contribution in [0.1, 0.15) is 12.1 Å². The Morgan fingerprint density at radius 1 is 1.69 bits per heavy atom. The van der Waals surface area contributed by atoms with Crippen molar-refractivity contribution < 1.29 is 0 Å². The van der Waals surface area contributed by atoms with Gasteiger partial charge in [-0.2, -0.15) is 5.10 Å². The fourth-order valence-electron chi connectivity index (χ4n) is 1.15. The lowest BCUT2D eigenvalue weighted by Crippen LogP contribution is -2.01. The number of hydrogen-bond acceptors (Lipinski definition) is 2. The maximum Gasteiger partial charge on any atom is 0.145 e. The van der Waals surface area contributed by atoms with Gasteiger partial charge in [-0.25, -0.2) is 0 Å². The van der Waals surface area contributed by atoms with E-state index in [-0.39, 0.29) is 0 Å². The number of nitrogens with zero attached hydrogens (tertiary/aromatic N) is 2. The fraction of sp³-hybridized carbons (Fsp3) is 0.300. The maximum absolute atomic E-state index is 5.54. The largest absolute Gasteiger partial charge is 0.382 e. The minimum atomic E-state index is 0.588. The van der Waals surface area contributed by atoms with Crippen LogP contribution in [0.15, 0.2) is 30.9 Å². The van der Waals surface area contributed by atoms with Crippen LogP contribution in [0.4, 0.5) is 5.82 Å². The summed E-state index contributed by atoms with van der Waals surface area (Å²) in [4.78, 5) is 0. The van der Waals surface area contributed by atoms with Crippen molar-refractivity contribution >= 4 is 5.82 Å². The third-order valence-corrected chi connectivity index (χ3v) is 1.78. The lowest BCUT2D eigenvalue weighted by molar-refractivity contribution is 0.609. The quantitative estimate of drug-likeness (QED) is 0.714. The van der Waals surface area contributed by atoms with Crippen molar-refractivity contribution in [3.8, 4) is 0 Å². The third-order valence-electron chi connectivity index (χ3n) is 1.78. The first kappa shape index (κ1) is 9.58. The first-order valence-electron chi connectivity index (χ1n) is 4.31. The Bertz CT molecular complexity index is 310. The minimum absolute atomic E-state index is 0.588. The van der Waals surface area contributed by atoms with Gasteiger partial charge in [0.1, 0.15) is 5.82 Å². The molecule has 0 fully saturated rings. The van der Waals surface area contributed by atoms with E-state index in [0.717, 1.165) is 18.7 Å². The lowest BCUT2D eigenvalue weighted by atomic mass is 10.3. The number of nitrogen functional groups attached to an aromatic ring is 1. The molecule has 0 spiro atoms. The molecular weight excluding hydrogens is 162 g/mol. The van der Waals surface area contributed by atoms with E-state index >= 15 is 0 Å². The number of aromatic nitrogens is 2. The normalized spacial score (nSPS) is 10.8. The second kappa shape index (κ2) is 4.50. The topological polar surface area (TPSA) is 43.8 Å². The summed E-state index contributed by atoms with van der Waals surface area (Å²) < 4.78 is 1.91. The summed E-state index contributed by atoms with van der Waals surface area (Å²) in [5.74, 6) is 0.588. The van der Waals surface area contributed by atoms with Gasteiger partial charge in [-0.15, -0.1) is 0 Å². The van der Waals surface area contributed by atoms with E-state index in [4.69, 9.17) is 5.73 Å². The zero-order valence-corrected chi connectivity index (χ0v) is 7.90. The molecule has 0 amide bonds. The molecule has 13 heavy (non-hydrogen) atoms. The van der Waals surface area contributed by atoms with E-state index in [1.807, 2.05) is 23.7 Å². The van der Waals surface area contributed by atoms with Crippen LogP contribution in [-0.2, 0) is 6.54 Å². The highest BCUT2D eigenvalue weighted by atomic mass is 15.3. The van der Waals surface area contributed by atoms with Gasteiger partial charge in [0.25, 0.3) is 0 Å². The highest BCUT2D eigenvalue weighted by molar-refractivity contribution is 5.28. The second-order valence-corrected chi connectivity index (χ2v) is 2.89. The Balaban J connectivity index is 2.49. The summed E-state index contributed by atoms with van der Waals surface area (Å²) >= 11 is 0. The molecule has 0 aliphatic heterocycles. The summed E-state index contributed by atoms with van der Waals surface area (Å²) in [7, 11) is 0. The summed E-state index contributed by atoms with van der Waals surface area (Å²) in [6.45, 7) is 6.47. The van der Waals surface area contributed by atoms with Gasteiger partial charge in [0.15, 0.2) is 0 Å². The molecule has 70 valence electrons. The maximum atomic E-state index is 5.54. The third kappa shape index (κ3) is 2.78. The predicted molar refractivity (Wildman–Crippen MR) is 55.3 cm³/mol. The van der Waals surface area contributed by atoms with Crippen molar-refractivity contribution in [3.63, 3.8) is 0 Å². The van der Waals surface area contributed by atoms with E-state index < -0.39 is 0 Å². The Morgan fingerprint density at radius 3 is 3.00 bits per heavy atom. The molecule has 2 N–H and O–H groups in total. The standard InChI is InChI=1S/C10H15N3/c1-3-4-5-6-7-13-9(2)8-10(11)12-13/h3-5,8H,1,6-7H2,2H3,(H2,11,12)/b5-4+. The predicted octanol–water partition coefficient (Wildman–Crippen LogP) is 1.91. The average Bonchev–Trinajstić information content (AvgIpc) is 2.39. The summed E-state index contributed by atoms with van der Waals surface area (Å²) in [6, 6.07) is 1.87. The van der Waals surface area contributed by atoms with Crippen molar-refractivity contribution in [2.45, 2.75) is 19.9 Å². The zero-order chi connectivity index (χ0) is 9.68. The molecule has 0 bridgehead atoms. The Labute approximate surface area is 78.6 Å². The van der Waals surface area contributed by atoms with Crippen molar-refractivity contribution in [1.29, 1.82) is 0 Å². The molecule has 0 aliphatic rings. The van der Waals surface area contributed by atoms with Crippen LogP contribution >= 0.6 is 0 Å². The van der Waals surface area contributed by atoms with Gasteiger partial charge in [0.05, 0.1) is 0 Å². The van der Waals surface area contributed by atoms with Crippen molar-refractivity contribution in [1.82, 2.24) is 9.78 Å². The van der Waals surface area contributed by atoms with E-state index in [2.05, 4.69) is 17.8 Å². The van der Waals surface area contributed by atoms with Crippen LogP contribution in [0, 0.1) is 6.92 Å². The van der Waals surface area contributed by atoms with Gasteiger partial charge >= 0.3 is 0 Å². The number of hydrogen-bond donors (Lipinski definition) is 1. The Kier molecular flexibility index (Phi) is 3.31. The Morgan fingerprint density at radius 2 is 2.46 bits per heavy atom. The van der Waals surface area contributed by atoms with Crippen LogP contribution < -0.4 is 5.73 Å². The Hall–Kier alpha value is -1.51. The first-order valence-corrected chi connectivity index (χ1v) is 4.31. The molecule has 0 aromatic carbocycles. The van der Waals surface area contributed by atoms with Gasteiger partial charge in [-0.1, -0.05) is 24.8 Å². The monoisotopic (exact) mass is 177 g/mol. The molecule has 0 aliphatic carbocycles. The van der Waals surface area contributed by atoms with Gasteiger partial charge in [-0.05, 0) is 13.3 Å². The molecule has 0 saturated carbocycles. The lowest BCUT2D eigenvalue weighted by Gasteiger charge is -1.99. The van der Waals surface area contributed by atoms with E-state index in [1.54, 1.807) is 6.08 Å². The van der Waals surface area contributed by atoms with Crippen LogP contribution in [0.25, 0.3) is 0 Å². The molecule has 0 atom stereocenters. The zero-order valence-electron chi connectivity index (χ0n) is 7.90. The second-order valence-electron chi connectivity index (χ2n) is 2.89. The van der Waals surface area contributed by atoms with Gasteiger partial charge in [-0.3, -0.25) is 4.68 Å². The summed E-state index contributed by atoms with van der Waals surface area (Å²) in [5, 5.41) is 4.14. The van der Waals surface area contributed by atoms with Gasteiger partial charge in [0.2, 0.25) is 0 Å². The molecule has 1 aromatic heterocycles. The molecule has 1 heterocycles. The summed E-state index contributed by atoms with van der Waals surface area (Å²) in [6.07, 6.45) is 6.71. The van der Waals surface area contributed by atoms with Crippen LogP contribution in [0.3, 0.4) is 0 Å². The molecule has 0 radical (unpaired) electrons. The SMILES string of the molecule is C=C/C=C/CCn1nc(N)cc1C. The molecule has 0 unspecified atom stereocenters.